The van der Waals surface area contributed by atoms with E-state index < -0.39 is 0 Å². The van der Waals surface area contributed by atoms with E-state index in [0.717, 1.165) is 24.1 Å². The number of benzene rings is 1. The fourth-order valence-electron chi connectivity index (χ4n) is 1.96. The Hall–Kier alpha value is -1.02. The van der Waals surface area contributed by atoms with E-state index >= 15 is 0 Å². The molecule has 1 aliphatic heterocycles. The maximum atomic E-state index is 12.1. The molecule has 1 aromatic carbocycles. The van der Waals surface area contributed by atoms with Crippen LogP contribution in [0.3, 0.4) is 0 Å². The lowest BCUT2D eigenvalue weighted by atomic mass is 10.1. The summed E-state index contributed by atoms with van der Waals surface area (Å²) >= 11 is 6.00. The average Bonchev–Trinajstić information content (AvgIpc) is 2.68. The minimum Gasteiger partial charge on any atom is -0.337 e. The van der Waals surface area contributed by atoms with E-state index in [1.165, 1.54) is 5.56 Å². The number of likely N-dealkylation sites (tertiary alicyclic amines) is 1. The molecule has 0 bridgehead atoms. The molecule has 2 nitrogen and oxygen atoms in total. The fourth-order valence-corrected chi connectivity index (χ4v) is 2.22. The predicted octanol–water partition coefficient (Wildman–Crippen LogP) is 2.76. The Balaban J connectivity index is 2.18. The molecule has 0 saturated carbocycles. The van der Waals surface area contributed by atoms with Gasteiger partial charge in [-0.05, 0) is 43.5 Å². The fraction of sp³-hybridized carbons (Fsp3) is 0.462. The van der Waals surface area contributed by atoms with Crippen molar-refractivity contribution in [3.63, 3.8) is 0 Å². The van der Waals surface area contributed by atoms with Crippen LogP contribution in [0.5, 0.6) is 0 Å². The number of halogens is 1. The van der Waals surface area contributed by atoms with Crippen LogP contribution in [0.1, 0.15) is 27.9 Å². The highest BCUT2D eigenvalue weighted by atomic mass is 35.5. The molecule has 1 aromatic rings. The molecule has 1 fully saturated rings. The lowest BCUT2D eigenvalue weighted by molar-refractivity contribution is 0.0793. The number of rotatable bonds is 1. The van der Waals surface area contributed by atoms with Gasteiger partial charge in [-0.25, -0.2) is 0 Å². The van der Waals surface area contributed by atoms with Gasteiger partial charge in [0.2, 0.25) is 0 Å². The first-order chi connectivity index (χ1) is 7.58. The zero-order valence-electron chi connectivity index (χ0n) is 9.66. The van der Waals surface area contributed by atoms with Crippen molar-refractivity contribution in [1.82, 2.24) is 4.90 Å². The van der Waals surface area contributed by atoms with Gasteiger partial charge in [0.25, 0.3) is 5.91 Å². The molecule has 0 N–H and O–H groups in total. The van der Waals surface area contributed by atoms with Gasteiger partial charge in [-0.1, -0.05) is 6.07 Å². The van der Waals surface area contributed by atoms with E-state index in [-0.39, 0.29) is 11.3 Å². The van der Waals surface area contributed by atoms with Crippen molar-refractivity contribution >= 4 is 17.5 Å². The number of nitrogens with zero attached hydrogens (tertiary/aromatic N) is 1. The van der Waals surface area contributed by atoms with Crippen molar-refractivity contribution in [3.05, 3.63) is 34.9 Å². The lowest BCUT2D eigenvalue weighted by Gasteiger charge is -2.16. The molecule has 86 valence electrons. The smallest absolute Gasteiger partial charge is 0.253 e. The Bertz CT molecular complexity index is 416. The molecule has 1 unspecified atom stereocenters. The summed E-state index contributed by atoms with van der Waals surface area (Å²) in [6.07, 6.45) is 0.901. The normalized spacial score (nSPS) is 20.2. The molecule has 1 atom stereocenters. The number of alkyl halides is 1. The predicted molar refractivity (Wildman–Crippen MR) is 66.1 cm³/mol. The highest BCUT2D eigenvalue weighted by molar-refractivity contribution is 6.21. The second kappa shape index (κ2) is 4.46. The molecule has 1 saturated heterocycles. The van der Waals surface area contributed by atoms with Crippen LogP contribution < -0.4 is 0 Å². The summed E-state index contributed by atoms with van der Waals surface area (Å²) in [5.74, 6) is 0.103. The molecule has 1 aliphatic rings. The number of aryl methyl sites for hydroxylation is 2. The van der Waals surface area contributed by atoms with E-state index in [1.54, 1.807) is 0 Å². The molecular weight excluding hydrogens is 222 g/mol. The SMILES string of the molecule is Cc1ccc(C(=O)N2CCC(Cl)C2)cc1C. The van der Waals surface area contributed by atoms with E-state index in [1.807, 2.05) is 36.9 Å². The second-order valence-corrected chi connectivity index (χ2v) is 5.05. The lowest BCUT2D eigenvalue weighted by Crippen LogP contribution is -2.28. The van der Waals surface area contributed by atoms with Gasteiger partial charge in [-0.2, -0.15) is 0 Å². The number of hydrogen-bond acceptors (Lipinski definition) is 1. The van der Waals surface area contributed by atoms with Gasteiger partial charge >= 0.3 is 0 Å². The van der Waals surface area contributed by atoms with Gasteiger partial charge in [0.15, 0.2) is 0 Å². The summed E-state index contributed by atoms with van der Waals surface area (Å²) in [6.45, 7) is 5.53. The van der Waals surface area contributed by atoms with Gasteiger partial charge in [0.1, 0.15) is 0 Å². The first kappa shape index (κ1) is 11.5. The van der Waals surface area contributed by atoms with Crippen LogP contribution in [-0.4, -0.2) is 29.3 Å². The Morgan fingerprint density at radius 2 is 2.12 bits per heavy atom. The largest absolute Gasteiger partial charge is 0.337 e. The number of amides is 1. The van der Waals surface area contributed by atoms with Crippen LogP contribution in [0.25, 0.3) is 0 Å². The standard InChI is InChI=1S/C13H16ClNO/c1-9-3-4-11(7-10(9)2)13(16)15-6-5-12(14)8-15/h3-4,7,12H,5-6,8H2,1-2H3. The second-order valence-electron chi connectivity index (χ2n) is 4.44. The first-order valence-corrected chi connectivity index (χ1v) is 6.02. The molecule has 1 heterocycles. The minimum absolute atomic E-state index is 0.103. The minimum atomic E-state index is 0.103. The van der Waals surface area contributed by atoms with Gasteiger partial charge in [0.05, 0.1) is 5.38 Å². The molecule has 0 aliphatic carbocycles. The van der Waals surface area contributed by atoms with Crippen LogP contribution in [0.4, 0.5) is 0 Å². The number of carbonyl (C=O) groups is 1. The van der Waals surface area contributed by atoms with Crippen molar-refractivity contribution in [2.45, 2.75) is 25.6 Å². The maximum absolute atomic E-state index is 12.1. The topological polar surface area (TPSA) is 20.3 Å². The summed E-state index contributed by atoms with van der Waals surface area (Å²) in [5.41, 5.74) is 3.15. The molecule has 16 heavy (non-hydrogen) atoms. The van der Waals surface area contributed by atoms with Crippen LogP contribution in [0.2, 0.25) is 0 Å². The molecule has 3 heteroatoms. The molecule has 2 rings (SSSR count). The monoisotopic (exact) mass is 237 g/mol. The number of carbonyl (C=O) groups excluding carboxylic acids is 1. The number of hydrogen-bond donors (Lipinski definition) is 0. The Kier molecular flexibility index (Phi) is 3.20. The molecule has 0 aromatic heterocycles. The van der Waals surface area contributed by atoms with Crippen LogP contribution in [-0.2, 0) is 0 Å². The third kappa shape index (κ3) is 2.22. The first-order valence-electron chi connectivity index (χ1n) is 5.58. The highest BCUT2D eigenvalue weighted by Crippen LogP contribution is 2.18. The molecule has 0 radical (unpaired) electrons. The van der Waals surface area contributed by atoms with Gasteiger partial charge in [-0.3, -0.25) is 4.79 Å². The Labute approximate surface area is 101 Å². The third-order valence-corrected chi connectivity index (χ3v) is 3.53. The van der Waals surface area contributed by atoms with Crippen LogP contribution >= 0.6 is 11.6 Å². The van der Waals surface area contributed by atoms with Crippen molar-refractivity contribution < 1.29 is 4.79 Å². The Morgan fingerprint density at radius 3 is 2.69 bits per heavy atom. The van der Waals surface area contributed by atoms with Crippen molar-refractivity contribution in [1.29, 1.82) is 0 Å². The van der Waals surface area contributed by atoms with Gasteiger partial charge < -0.3 is 4.90 Å². The average molecular weight is 238 g/mol. The zero-order chi connectivity index (χ0) is 11.7. The van der Waals surface area contributed by atoms with Crippen LogP contribution in [0, 0.1) is 13.8 Å². The quantitative estimate of drug-likeness (QED) is 0.688. The third-order valence-electron chi connectivity index (χ3n) is 3.17. The van der Waals surface area contributed by atoms with Crippen LogP contribution in [0.15, 0.2) is 18.2 Å². The van der Waals surface area contributed by atoms with Crippen molar-refractivity contribution in [3.8, 4) is 0 Å². The van der Waals surface area contributed by atoms with E-state index in [2.05, 4.69) is 0 Å². The summed E-state index contributed by atoms with van der Waals surface area (Å²) in [5, 5.41) is 0.121. The van der Waals surface area contributed by atoms with Gasteiger partial charge in [-0.15, -0.1) is 11.6 Å². The van der Waals surface area contributed by atoms with Crippen molar-refractivity contribution in [2.75, 3.05) is 13.1 Å². The van der Waals surface area contributed by atoms with Gasteiger partial charge in [0, 0.05) is 18.7 Å². The zero-order valence-corrected chi connectivity index (χ0v) is 10.4. The van der Waals surface area contributed by atoms with Crippen molar-refractivity contribution in [2.24, 2.45) is 0 Å². The summed E-state index contributed by atoms with van der Waals surface area (Å²) in [4.78, 5) is 14.0. The van der Waals surface area contributed by atoms with E-state index in [0.29, 0.717) is 6.54 Å². The highest BCUT2D eigenvalue weighted by Gasteiger charge is 2.25. The maximum Gasteiger partial charge on any atom is 0.253 e. The molecular formula is C13H16ClNO. The summed E-state index contributed by atoms with van der Waals surface area (Å²) < 4.78 is 0. The Morgan fingerprint density at radius 1 is 1.38 bits per heavy atom. The molecule has 0 spiro atoms. The summed E-state index contributed by atoms with van der Waals surface area (Å²) in [6, 6.07) is 5.85. The van der Waals surface area contributed by atoms with E-state index in [9.17, 15) is 4.79 Å². The van der Waals surface area contributed by atoms with E-state index in [4.69, 9.17) is 11.6 Å². The molecule has 1 amide bonds. The summed E-state index contributed by atoms with van der Waals surface area (Å²) in [7, 11) is 0.